The van der Waals surface area contributed by atoms with E-state index in [0.29, 0.717) is 40.5 Å². The first-order chi connectivity index (χ1) is 19.5. The average Bonchev–Trinajstić information content (AvgIpc) is 3.75. The van der Waals surface area contributed by atoms with Crippen LogP contribution in [-0.2, 0) is 7.05 Å². The molecule has 0 unspecified atom stereocenters. The van der Waals surface area contributed by atoms with E-state index in [0.717, 1.165) is 53.3 Å². The first-order valence-electron chi connectivity index (χ1n) is 13.4. The number of ether oxygens (including phenoxy) is 1. The maximum Gasteiger partial charge on any atom is 0.159 e. The van der Waals surface area contributed by atoms with Crippen molar-refractivity contribution in [3.8, 4) is 39.8 Å². The van der Waals surface area contributed by atoms with E-state index in [1.807, 2.05) is 36.9 Å². The molecule has 5 aromatic heterocycles. The fourth-order valence-electron chi connectivity index (χ4n) is 5.33. The Morgan fingerprint density at radius 2 is 1.88 bits per heavy atom. The van der Waals surface area contributed by atoms with Crippen LogP contribution < -0.4 is 4.74 Å². The van der Waals surface area contributed by atoms with Crippen LogP contribution in [0.4, 0.5) is 4.39 Å². The minimum Gasteiger partial charge on any atom is -0.492 e. The first-order valence-corrected chi connectivity index (χ1v) is 13.4. The van der Waals surface area contributed by atoms with Crippen molar-refractivity contribution in [2.75, 3.05) is 26.2 Å². The molecule has 0 amide bonds. The monoisotopic (exact) mass is 537 g/mol. The van der Waals surface area contributed by atoms with Crippen molar-refractivity contribution < 1.29 is 9.13 Å². The summed E-state index contributed by atoms with van der Waals surface area (Å²) in [5, 5.41) is 8.46. The Hall–Kier alpha value is -4.64. The SMILES string of the molecule is Cc1ncc(-c2cc3c(-c4nc5c(-c6cc(F)cc(OCCN7CCCC7)c6)cncc5[nH]4)n[nH]c3cn2)n1C. The van der Waals surface area contributed by atoms with E-state index in [1.54, 1.807) is 18.6 Å². The van der Waals surface area contributed by atoms with Crippen LogP contribution in [0.15, 0.2) is 49.1 Å². The largest absolute Gasteiger partial charge is 0.492 e. The van der Waals surface area contributed by atoms with Crippen molar-refractivity contribution in [1.29, 1.82) is 0 Å². The standard InChI is InChI=1S/C29H28FN9O/c1-17-32-16-26(38(17)2)23-12-21-24(15-33-23)36-37-28(21)29-34-25-14-31-13-22(27(25)35-29)18-9-19(30)11-20(10-18)40-8-7-39-5-3-4-6-39/h9-16H,3-8H2,1-2H3,(H,34,35)(H,36,37). The van der Waals surface area contributed by atoms with Gasteiger partial charge in [-0.1, -0.05) is 0 Å². The molecule has 0 aliphatic carbocycles. The zero-order valence-corrected chi connectivity index (χ0v) is 22.3. The van der Waals surface area contributed by atoms with Gasteiger partial charge in [-0.2, -0.15) is 5.10 Å². The molecule has 2 N–H and O–H groups in total. The molecule has 40 heavy (non-hydrogen) atoms. The Morgan fingerprint density at radius 1 is 1.00 bits per heavy atom. The quantitative estimate of drug-likeness (QED) is 0.298. The van der Waals surface area contributed by atoms with Crippen LogP contribution in [0.2, 0.25) is 0 Å². The van der Waals surface area contributed by atoms with Gasteiger partial charge in [0, 0.05) is 36.8 Å². The molecule has 10 nitrogen and oxygen atoms in total. The molecule has 1 aromatic carbocycles. The van der Waals surface area contributed by atoms with Gasteiger partial charge in [0.25, 0.3) is 0 Å². The van der Waals surface area contributed by atoms with Gasteiger partial charge >= 0.3 is 0 Å². The molecular weight excluding hydrogens is 509 g/mol. The number of nitrogens with one attached hydrogen (secondary N) is 2. The summed E-state index contributed by atoms with van der Waals surface area (Å²) in [5.74, 6) is 1.60. The smallest absolute Gasteiger partial charge is 0.159 e. The number of hydrogen-bond acceptors (Lipinski definition) is 7. The van der Waals surface area contributed by atoms with Gasteiger partial charge in [0.05, 0.1) is 46.5 Å². The zero-order chi connectivity index (χ0) is 27.2. The Morgan fingerprint density at radius 3 is 2.70 bits per heavy atom. The summed E-state index contributed by atoms with van der Waals surface area (Å²) in [4.78, 5) is 24.0. The van der Waals surface area contributed by atoms with E-state index < -0.39 is 0 Å². The second kappa shape index (κ2) is 9.83. The lowest BCUT2D eigenvalue weighted by Crippen LogP contribution is -2.25. The summed E-state index contributed by atoms with van der Waals surface area (Å²) in [5.41, 5.74) is 5.89. The summed E-state index contributed by atoms with van der Waals surface area (Å²) in [6.07, 6.45) is 9.43. The Bertz CT molecular complexity index is 1850. The molecule has 7 rings (SSSR count). The van der Waals surface area contributed by atoms with E-state index in [-0.39, 0.29) is 5.82 Å². The van der Waals surface area contributed by atoms with Gasteiger partial charge in [-0.05, 0) is 56.6 Å². The Labute approximate surface area is 229 Å². The van der Waals surface area contributed by atoms with Crippen LogP contribution in [0.25, 0.3) is 56.0 Å². The van der Waals surface area contributed by atoms with E-state index in [4.69, 9.17) is 9.72 Å². The number of likely N-dealkylation sites (tertiary alicyclic amines) is 1. The number of hydrogen-bond donors (Lipinski definition) is 2. The number of fused-ring (bicyclic) bond motifs is 2. The second-order valence-corrected chi connectivity index (χ2v) is 10.2. The normalized spacial score (nSPS) is 14.1. The van der Waals surface area contributed by atoms with E-state index in [9.17, 15) is 4.39 Å². The van der Waals surface area contributed by atoms with Crippen LogP contribution in [0.5, 0.6) is 5.75 Å². The van der Waals surface area contributed by atoms with Gasteiger partial charge < -0.3 is 14.3 Å². The number of benzene rings is 1. The lowest BCUT2D eigenvalue weighted by atomic mass is 10.1. The molecular formula is C29H28FN9O. The third-order valence-electron chi connectivity index (χ3n) is 7.61. The minimum atomic E-state index is -0.370. The molecule has 6 heterocycles. The number of H-pyrrole nitrogens is 2. The molecule has 0 atom stereocenters. The molecule has 1 fully saturated rings. The number of pyridine rings is 2. The third kappa shape index (κ3) is 4.37. The number of rotatable bonds is 7. The molecule has 0 spiro atoms. The van der Waals surface area contributed by atoms with Crippen LogP contribution in [0.1, 0.15) is 18.7 Å². The molecule has 0 saturated carbocycles. The summed E-state index contributed by atoms with van der Waals surface area (Å²) in [6, 6.07) is 6.73. The van der Waals surface area contributed by atoms with Gasteiger partial charge in [0.15, 0.2) is 5.82 Å². The second-order valence-electron chi connectivity index (χ2n) is 10.2. The zero-order valence-electron chi connectivity index (χ0n) is 22.3. The van der Waals surface area contributed by atoms with Gasteiger partial charge in [0.2, 0.25) is 0 Å². The van der Waals surface area contributed by atoms with Crippen molar-refractivity contribution in [1.82, 2.24) is 44.6 Å². The van der Waals surface area contributed by atoms with Gasteiger partial charge in [-0.3, -0.25) is 20.0 Å². The summed E-state index contributed by atoms with van der Waals surface area (Å²) in [6.45, 7) is 5.49. The number of nitrogens with zero attached hydrogens (tertiary/aromatic N) is 7. The highest BCUT2D eigenvalue weighted by atomic mass is 19.1. The van der Waals surface area contributed by atoms with E-state index in [1.165, 1.54) is 25.0 Å². The van der Waals surface area contributed by atoms with Crippen LogP contribution in [0.3, 0.4) is 0 Å². The molecule has 202 valence electrons. The summed E-state index contributed by atoms with van der Waals surface area (Å²) >= 11 is 0. The minimum absolute atomic E-state index is 0.370. The molecule has 0 radical (unpaired) electrons. The average molecular weight is 538 g/mol. The van der Waals surface area contributed by atoms with E-state index in [2.05, 4.69) is 35.0 Å². The highest BCUT2D eigenvalue weighted by molar-refractivity contribution is 5.97. The number of aryl methyl sites for hydroxylation is 1. The van der Waals surface area contributed by atoms with Crippen molar-refractivity contribution in [2.24, 2.45) is 7.05 Å². The topological polar surface area (TPSA) is 113 Å². The first kappa shape index (κ1) is 24.4. The molecule has 6 aromatic rings. The molecule has 1 aliphatic rings. The number of imidazole rings is 2. The number of halogens is 1. The van der Waals surface area contributed by atoms with Crippen molar-refractivity contribution in [2.45, 2.75) is 19.8 Å². The van der Waals surface area contributed by atoms with Crippen LogP contribution in [-0.4, -0.2) is 70.8 Å². The lowest BCUT2D eigenvalue weighted by molar-refractivity contribution is 0.237. The van der Waals surface area contributed by atoms with Crippen LogP contribution >= 0.6 is 0 Å². The summed E-state index contributed by atoms with van der Waals surface area (Å²) < 4.78 is 22.6. The van der Waals surface area contributed by atoms with Crippen molar-refractivity contribution in [3.63, 3.8) is 0 Å². The van der Waals surface area contributed by atoms with Crippen molar-refractivity contribution >= 4 is 21.9 Å². The lowest BCUT2D eigenvalue weighted by Gasteiger charge is -2.15. The predicted octanol–water partition coefficient (Wildman–Crippen LogP) is 4.89. The molecule has 1 aliphatic heterocycles. The highest BCUT2D eigenvalue weighted by Gasteiger charge is 2.18. The maximum absolute atomic E-state index is 14.7. The maximum atomic E-state index is 14.7. The Kier molecular flexibility index (Phi) is 6.00. The van der Waals surface area contributed by atoms with Crippen LogP contribution in [0, 0.1) is 12.7 Å². The molecule has 0 bridgehead atoms. The summed E-state index contributed by atoms with van der Waals surface area (Å²) in [7, 11) is 1.96. The Balaban J connectivity index is 1.23. The number of aromatic amines is 2. The molecule has 1 saturated heterocycles. The fraction of sp³-hybridized carbons (Fsp3) is 0.276. The number of aromatic nitrogens is 8. The fourth-order valence-corrected chi connectivity index (χ4v) is 5.33. The predicted molar refractivity (Wildman–Crippen MR) is 150 cm³/mol. The molecule has 11 heteroatoms. The van der Waals surface area contributed by atoms with Gasteiger partial charge in [0.1, 0.15) is 29.7 Å². The van der Waals surface area contributed by atoms with E-state index >= 15 is 0 Å². The highest BCUT2D eigenvalue weighted by Crippen LogP contribution is 2.33. The third-order valence-corrected chi connectivity index (χ3v) is 7.61. The van der Waals surface area contributed by atoms with Gasteiger partial charge in [-0.25, -0.2) is 14.4 Å². The van der Waals surface area contributed by atoms with Crippen molar-refractivity contribution in [3.05, 3.63) is 60.7 Å². The van der Waals surface area contributed by atoms with Gasteiger partial charge in [-0.15, -0.1) is 0 Å².